The van der Waals surface area contributed by atoms with E-state index in [0.29, 0.717) is 34.0 Å². The Bertz CT molecular complexity index is 1410. The Morgan fingerprint density at radius 1 is 1.25 bits per heavy atom. The van der Waals surface area contributed by atoms with Crippen LogP contribution in [0.15, 0.2) is 18.5 Å². The van der Waals surface area contributed by atoms with E-state index in [9.17, 15) is 9.18 Å². The molecule has 2 aliphatic rings. The molecule has 0 saturated heterocycles. The number of amides is 1. The molecule has 4 aromatic rings. The summed E-state index contributed by atoms with van der Waals surface area (Å²) >= 11 is 0. The van der Waals surface area contributed by atoms with E-state index in [0.717, 1.165) is 41.4 Å². The third kappa shape index (κ3) is 2.68. The first kappa shape index (κ1) is 19.3. The fourth-order valence-corrected chi connectivity index (χ4v) is 5.19. The standard InChI is InChI=1S/C24H25FN6O/c1-11-17(25)8-18-15(10-29-30-18)21(11)31-22-14(7-12-3-2-4-12)20(13-5-6-13)28-9-16(22)19(23(31)26)24(27)32/h8-10,12-13H,2-7,26H2,1H3,(H2,27,32)(H,29,30). The molecular weight excluding hydrogens is 407 g/mol. The summed E-state index contributed by atoms with van der Waals surface area (Å²) in [5, 5.41) is 8.34. The number of aromatic amines is 1. The molecule has 2 saturated carbocycles. The van der Waals surface area contributed by atoms with Gasteiger partial charge in [0, 0.05) is 34.1 Å². The number of carbonyl (C=O) groups excluding carboxylic acids is 1. The quantitative estimate of drug-likeness (QED) is 0.437. The van der Waals surface area contributed by atoms with E-state index in [1.54, 1.807) is 19.3 Å². The van der Waals surface area contributed by atoms with Crippen LogP contribution in [-0.4, -0.2) is 25.7 Å². The molecule has 6 rings (SSSR count). The van der Waals surface area contributed by atoms with Gasteiger partial charge in [-0.1, -0.05) is 19.3 Å². The van der Waals surface area contributed by atoms with Gasteiger partial charge in [0.2, 0.25) is 0 Å². The van der Waals surface area contributed by atoms with E-state index >= 15 is 0 Å². The molecule has 0 spiro atoms. The van der Waals surface area contributed by atoms with Crippen LogP contribution in [0.2, 0.25) is 0 Å². The van der Waals surface area contributed by atoms with Crippen LogP contribution in [0.5, 0.6) is 0 Å². The Kier molecular flexibility index (Phi) is 4.09. The van der Waals surface area contributed by atoms with Crippen LogP contribution >= 0.6 is 0 Å². The topological polar surface area (TPSA) is 116 Å². The number of pyridine rings is 1. The van der Waals surface area contributed by atoms with Crippen molar-refractivity contribution in [1.82, 2.24) is 19.7 Å². The summed E-state index contributed by atoms with van der Waals surface area (Å²) in [5.41, 5.74) is 17.2. The van der Waals surface area contributed by atoms with Gasteiger partial charge in [-0.25, -0.2) is 4.39 Å². The van der Waals surface area contributed by atoms with Gasteiger partial charge >= 0.3 is 0 Å². The number of benzene rings is 1. The second-order valence-electron chi connectivity index (χ2n) is 9.28. The van der Waals surface area contributed by atoms with Crippen molar-refractivity contribution < 1.29 is 9.18 Å². The van der Waals surface area contributed by atoms with E-state index in [1.807, 2.05) is 4.57 Å². The molecule has 164 valence electrons. The fraction of sp³-hybridized carbons (Fsp3) is 0.375. The van der Waals surface area contributed by atoms with Gasteiger partial charge in [0.15, 0.2) is 0 Å². The molecule has 5 N–H and O–H groups in total. The smallest absolute Gasteiger partial charge is 0.253 e. The fourth-order valence-electron chi connectivity index (χ4n) is 5.19. The summed E-state index contributed by atoms with van der Waals surface area (Å²) in [4.78, 5) is 17.3. The molecule has 7 nitrogen and oxygen atoms in total. The highest BCUT2D eigenvalue weighted by molar-refractivity contribution is 6.13. The van der Waals surface area contributed by atoms with Crippen LogP contribution in [-0.2, 0) is 6.42 Å². The molecule has 0 aliphatic heterocycles. The van der Waals surface area contributed by atoms with Crippen LogP contribution in [0.25, 0.3) is 27.5 Å². The monoisotopic (exact) mass is 432 g/mol. The predicted octanol–water partition coefficient (Wildman–Crippen LogP) is 4.25. The van der Waals surface area contributed by atoms with E-state index in [-0.39, 0.29) is 17.2 Å². The number of nitrogens with zero attached hydrogens (tertiary/aromatic N) is 3. The van der Waals surface area contributed by atoms with Gasteiger partial charge in [0.25, 0.3) is 5.91 Å². The van der Waals surface area contributed by atoms with Crippen molar-refractivity contribution in [3.63, 3.8) is 0 Å². The average Bonchev–Trinajstić information content (AvgIpc) is 3.39. The Hall–Kier alpha value is -3.42. The van der Waals surface area contributed by atoms with Gasteiger partial charge in [0.05, 0.1) is 28.5 Å². The minimum absolute atomic E-state index is 0.216. The number of carbonyl (C=O) groups is 1. The Morgan fingerprint density at radius 2 is 2.03 bits per heavy atom. The van der Waals surface area contributed by atoms with Crippen molar-refractivity contribution in [3.8, 4) is 5.69 Å². The summed E-state index contributed by atoms with van der Waals surface area (Å²) in [6.07, 6.45) is 10.1. The highest BCUT2D eigenvalue weighted by Gasteiger charge is 2.34. The van der Waals surface area contributed by atoms with Crippen molar-refractivity contribution in [2.75, 3.05) is 5.73 Å². The third-order valence-corrected chi connectivity index (χ3v) is 7.23. The van der Waals surface area contributed by atoms with Crippen LogP contribution in [0.1, 0.15) is 65.2 Å². The predicted molar refractivity (Wildman–Crippen MR) is 121 cm³/mol. The number of anilines is 1. The van der Waals surface area contributed by atoms with Gasteiger partial charge < -0.3 is 11.5 Å². The highest BCUT2D eigenvalue weighted by Crippen LogP contribution is 2.46. The van der Waals surface area contributed by atoms with Crippen molar-refractivity contribution in [2.45, 2.75) is 51.4 Å². The molecule has 0 radical (unpaired) electrons. The number of H-pyrrole nitrogens is 1. The first-order valence-electron chi connectivity index (χ1n) is 11.2. The zero-order valence-corrected chi connectivity index (χ0v) is 17.9. The minimum atomic E-state index is -0.612. The molecule has 8 heteroatoms. The maximum atomic E-state index is 15.0. The molecular formula is C24H25FN6O. The summed E-state index contributed by atoms with van der Waals surface area (Å²) in [6, 6.07) is 1.44. The normalized spacial score (nSPS) is 16.7. The first-order valence-corrected chi connectivity index (χ1v) is 11.2. The zero-order valence-electron chi connectivity index (χ0n) is 17.9. The molecule has 3 heterocycles. The molecule has 3 aromatic heterocycles. The largest absolute Gasteiger partial charge is 0.384 e. The number of hydrogen-bond donors (Lipinski definition) is 3. The lowest BCUT2D eigenvalue weighted by Crippen LogP contribution is -2.16. The van der Waals surface area contributed by atoms with Crippen molar-refractivity contribution in [2.24, 2.45) is 11.7 Å². The molecule has 1 amide bonds. The first-order chi connectivity index (χ1) is 15.5. The number of nitrogens with two attached hydrogens (primary N) is 2. The molecule has 2 fully saturated rings. The zero-order chi connectivity index (χ0) is 22.1. The number of fused-ring (bicyclic) bond motifs is 2. The second kappa shape index (κ2) is 6.79. The van der Waals surface area contributed by atoms with Crippen LogP contribution in [0, 0.1) is 18.7 Å². The summed E-state index contributed by atoms with van der Waals surface area (Å²) in [7, 11) is 0. The van der Waals surface area contributed by atoms with Gasteiger partial charge in [-0.2, -0.15) is 5.10 Å². The molecule has 0 atom stereocenters. The molecule has 1 aromatic carbocycles. The van der Waals surface area contributed by atoms with Gasteiger partial charge in [-0.05, 0) is 43.7 Å². The number of halogens is 1. The number of rotatable bonds is 5. The summed E-state index contributed by atoms with van der Waals surface area (Å²) in [6.45, 7) is 1.72. The van der Waals surface area contributed by atoms with E-state index < -0.39 is 5.91 Å². The third-order valence-electron chi connectivity index (χ3n) is 7.23. The van der Waals surface area contributed by atoms with Gasteiger partial charge in [-0.3, -0.25) is 19.4 Å². The van der Waals surface area contributed by atoms with Gasteiger partial charge in [-0.15, -0.1) is 0 Å². The van der Waals surface area contributed by atoms with Crippen LogP contribution in [0.4, 0.5) is 10.2 Å². The number of aromatic nitrogens is 4. The van der Waals surface area contributed by atoms with Crippen molar-refractivity contribution in [3.05, 3.63) is 46.7 Å². The van der Waals surface area contributed by atoms with E-state index in [2.05, 4.69) is 10.2 Å². The molecule has 2 aliphatic carbocycles. The van der Waals surface area contributed by atoms with Crippen LogP contribution < -0.4 is 11.5 Å². The van der Waals surface area contributed by atoms with Crippen molar-refractivity contribution >= 4 is 33.5 Å². The average molecular weight is 433 g/mol. The number of primary amides is 1. The lowest BCUT2D eigenvalue weighted by molar-refractivity contribution is 0.100. The Balaban J connectivity index is 1.76. The second-order valence-corrected chi connectivity index (χ2v) is 9.28. The van der Waals surface area contributed by atoms with Gasteiger partial charge in [0.1, 0.15) is 11.6 Å². The number of nitrogen functional groups attached to an aromatic ring is 1. The minimum Gasteiger partial charge on any atom is -0.384 e. The maximum absolute atomic E-state index is 15.0. The molecule has 0 bridgehead atoms. The highest BCUT2D eigenvalue weighted by atomic mass is 19.1. The number of hydrogen-bond acceptors (Lipinski definition) is 4. The maximum Gasteiger partial charge on any atom is 0.253 e. The number of nitrogens with one attached hydrogen (secondary N) is 1. The van der Waals surface area contributed by atoms with E-state index in [1.165, 1.54) is 25.3 Å². The van der Waals surface area contributed by atoms with E-state index in [4.69, 9.17) is 16.5 Å². The molecule has 32 heavy (non-hydrogen) atoms. The lowest BCUT2D eigenvalue weighted by atomic mass is 9.80. The van der Waals surface area contributed by atoms with Crippen molar-refractivity contribution in [1.29, 1.82) is 0 Å². The Labute approximate surface area is 184 Å². The lowest BCUT2D eigenvalue weighted by Gasteiger charge is -2.27. The SMILES string of the molecule is Cc1c(F)cc2[nH]ncc2c1-n1c(N)c(C(N)=O)c2cnc(C3CC3)c(CC3CCC3)c21. The molecule has 0 unspecified atom stereocenters. The summed E-state index contributed by atoms with van der Waals surface area (Å²) in [5.74, 6) is 0.255. The summed E-state index contributed by atoms with van der Waals surface area (Å²) < 4.78 is 16.8. The Morgan fingerprint density at radius 3 is 2.69 bits per heavy atom. The van der Waals surface area contributed by atoms with Crippen LogP contribution in [0.3, 0.4) is 0 Å².